The summed E-state index contributed by atoms with van der Waals surface area (Å²) >= 11 is 0. The van der Waals surface area contributed by atoms with E-state index in [1.807, 2.05) is 13.8 Å². The quantitative estimate of drug-likeness (QED) is 0.706. The Labute approximate surface area is 147 Å². The van der Waals surface area contributed by atoms with Gasteiger partial charge in [0.05, 0.1) is 11.2 Å². The van der Waals surface area contributed by atoms with Crippen molar-refractivity contribution in [2.75, 3.05) is 5.75 Å². The minimum Gasteiger partial charge on any atom is -0.328 e. The molecule has 3 N–H and O–H groups in total. The van der Waals surface area contributed by atoms with Crippen LogP contribution in [-0.2, 0) is 14.9 Å². The summed E-state index contributed by atoms with van der Waals surface area (Å²) < 4.78 is 31.0. The number of ketones is 1. The van der Waals surface area contributed by atoms with Gasteiger partial charge in [-0.25, -0.2) is 0 Å². The van der Waals surface area contributed by atoms with Gasteiger partial charge in [0, 0.05) is 12.5 Å². The van der Waals surface area contributed by atoms with E-state index in [0.717, 1.165) is 12.3 Å². The summed E-state index contributed by atoms with van der Waals surface area (Å²) in [4.78, 5) is 11.9. The van der Waals surface area contributed by atoms with Crippen LogP contribution in [0.2, 0.25) is 0 Å². The molecule has 2 unspecified atom stereocenters. The van der Waals surface area contributed by atoms with Crippen molar-refractivity contribution >= 4 is 15.9 Å². The molecular formula is C18H35NO4S. The minimum absolute atomic E-state index is 0.0152. The average molecular weight is 362 g/mol. The van der Waals surface area contributed by atoms with Crippen molar-refractivity contribution in [3.63, 3.8) is 0 Å². The van der Waals surface area contributed by atoms with Gasteiger partial charge < -0.3 is 5.73 Å². The van der Waals surface area contributed by atoms with Crippen LogP contribution < -0.4 is 5.73 Å². The predicted octanol–water partition coefficient (Wildman–Crippen LogP) is 3.43. The lowest BCUT2D eigenvalue weighted by Crippen LogP contribution is -2.42. The Hall–Kier alpha value is -0.460. The molecule has 0 radical (unpaired) electrons. The number of hydrogen-bond donors (Lipinski definition) is 2. The Kier molecular flexibility index (Phi) is 7.04. The Morgan fingerprint density at radius 3 is 2.17 bits per heavy atom. The van der Waals surface area contributed by atoms with E-state index in [4.69, 9.17) is 10.3 Å². The molecule has 6 heteroatoms. The highest BCUT2D eigenvalue weighted by Crippen LogP contribution is 2.64. The third kappa shape index (κ3) is 5.02. The van der Waals surface area contributed by atoms with Crippen molar-refractivity contribution in [2.24, 2.45) is 28.4 Å². The van der Waals surface area contributed by atoms with E-state index in [9.17, 15) is 13.2 Å². The van der Waals surface area contributed by atoms with Crippen LogP contribution in [-0.4, -0.2) is 30.5 Å². The smallest absolute Gasteiger partial charge is 0.265 e. The van der Waals surface area contributed by atoms with Gasteiger partial charge in [-0.2, -0.15) is 8.42 Å². The van der Waals surface area contributed by atoms with Crippen molar-refractivity contribution in [1.82, 2.24) is 0 Å². The summed E-state index contributed by atoms with van der Waals surface area (Å²) in [5, 5.41) is 0. The van der Waals surface area contributed by atoms with Gasteiger partial charge in [-0.15, -0.1) is 0 Å². The van der Waals surface area contributed by atoms with Gasteiger partial charge >= 0.3 is 0 Å². The van der Waals surface area contributed by atoms with Crippen LogP contribution in [0, 0.1) is 22.7 Å². The van der Waals surface area contributed by atoms with Crippen LogP contribution in [0.15, 0.2) is 0 Å². The molecule has 2 aliphatic carbocycles. The largest absolute Gasteiger partial charge is 0.328 e. The lowest BCUT2D eigenvalue weighted by atomic mass is 9.70. The first-order valence-corrected chi connectivity index (χ1v) is 10.7. The van der Waals surface area contributed by atoms with E-state index in [0.29, 0.717) is 18.9 Å². The molecule has 0 aliphatic heterocycles. The van der Waals surface area contributed by atoms with Crippen molar-refractivity contribution in [1.29, 1.82) is 0 Å². The fourth-order valence-electron chi connectivity index (χ4n) is 4.27. The third-order valence-electron chi connectivity index (χ3n) is 6.01. The third-order valence-corrected chi connectivity index (χ3v) is 6.87. The second-order valence-corrected chi connectivity index (χ2v) is 10.1. The molecule has 0 amide bonds. The predicted molar refractivity (Wildman–Crippen MR) is 97.3 cm³/mol. The van der Waals surface area contributed by atoms with E-state index in [2.05, 4.69) is 20.8 Å². The molecule has 2 aliphatic rings. The van der Waals surface area contributed by atoms with Gasteiger partial charge in [0.25, 0.3) is 10.1 Å². The molecule has 2 saturated carbocycles. The number of nitrogens with two attached hydrogens (primary N) is 1. The fraction of sp³-hybridized carbons (Fsp3) is 0.944. The van der Waals surface area contributed by atoms with Gasteiger partial charge in [-0.1, -0.05) is 40.5 Å². The van der Waals surface area contributed by atoms with Crippen molar-refractivity contribution in [2.45, 2.75) is 79.2 Å². The van der Waals surface area contributed by atoms with Crippen LogP contribution in [0.25, 0.3) is 0 Å². The lowest BCUT2D eigenvalue weighted by Gasteiger charge is -2.35. The second-order valence-electron chi connectivity index (χ2n) is 8.69. The van der Waals surface area contributed by atoms with Crippen molar-refractivity contribution < 1.29 is 17.8 Å². The van der Waals surface area contributed by atoms with E-state index in [1.54, 1.807) is 0 Å². The van der Waals surface area contributed by atoms with Gasteiger partial charge in [0.15, 0.2) is 0 Å². The van der Waals surface area contributed by atoms with E-state index >= 15 is 0 Å². The summed E-state index contributed by atoms with van der Waals surface area (Å²) in [6.45, 7) is 10.5. The summed E-state index contributed by atoms with van der Waals surface area (Å²) in [5.41, 5.74) is 4.46. The number of hydrogen-bond acceptors (Lipinski definition) is 4. The topological polar surface area (TPSA) is 97.5 Å². The minimum atomic E-state index is -4.08. The highest BCUT2D eigenvalue weighted by molar-refractivity contribution is 7.85. The monoisotopic (exact) mass is 361 g/mol. The first-order chi connectivity index (χ1) is 10.8. The molecule has 0 aromatic rings. The Morgan fingerprint density at radius 2 is 1.83 bits per heavy atom. The first-order valence-electron chi connectivity index (χ1n) is 9.06. The zero-order chi connectivity index (χ0) is 18.8. The number of rotatable bonds is 6. The molecule has 0 aromatic heterocycles. The molecule has 3 atom stereocenters. The average Bonchev–Trinajstić information content (AvgIpc) is 2.70. The van der Waals surface area contributed by atoms with E-state index < -0.39 is 21.3 Å². The van der Waals surface area contributed by atoms with E-state index in [1.165, 1.54) is 19.3 Å². The SMILES string of the molecule is CC(C)CCCC(C)N.CC1(C)C2CC[C@@]1(CS(=O)(=O)O)C(=O)C2. The van der Waals surface area contributed by atoms with Crippen LogP contribution in [0.5, 0.6) is 0 Å². The molecule has 0 heterocycles. The normalized spacial score (nSPS) is 29.5. The van der Waals surface area contributed by atoms with Crippen LogP contribution in [0.4, 0.5) is 0 Å². The van der Waals surface area contributed by atoms with Crippen LogP contribution in [0.3, 0.4) is 0 Å². The van der Waals surface area contributed by atoms with Gasteiger partial charge in [-0.05, 0) is 43.4 Å². The molecule has 0 saturated heterocycles. The summed E-state index contributed by atoms with van der Waals surface area (Å²) in [6, 6.07) is 0.392. The lowest BCUT2D eigenvalue weighted by molar-refractivity contribution is -0.128. The van der Waals surface area contributed by atoms with Crippen LogP contribution >= 0.6 is 0 Å². The molecule has 2 fully saturated rings. The molecule has 2 rings (SSSR count). The summed E-state index contributed by atoms with van der Waals surface area (Å²) in [5.74, 6) is 0.736. The zero-order valence-electron chi connectivity index (χ0n) is 15.8. The number of Topliss-reactive ketones (excluding diaryl/α,β-unsaturated/α-hetero) is 1. The maximum Gasteiger partial charge on any atom is 0.265 e. The maximum absolute atomic E-state index is 11.9. The summed E-state index contributed by atoms with van der Waals surface area (Å²) in [6.07, 6.45) is 5.76. The first kappa shape index (κ1) is 21.6. The van der Waals surface area contributed by atoms with Crippen LogP contribution in [0.1, 0.15) is 73.1 Å². The highest BCUT2D eigenvalue weighted by Gasteiger charge is 2.65. The Balaban J connectivity index is 0.000000277. The fourth-order valence-corrected chi connectivity index (χ4v) is 5.57. The number of carbonyl (C=O) groups is 1. The molecule has 0 spiro atoms. The Bertz CT molecular complexity index is 531. The highest BCUT2D eigenvalue weighted by atomic mass is 32.2. The molecule has 24 heavy (non-hydrogen) atoms. The maximum atomic E-state index is 11.9. The van der Waals surface area contributed by atoms with E-state index in [-0.39, 0.29) is 17.1 Å². The van der Waals surface area contributed by atoms with Gasteiger partial charge in [0.1, 0.15) is 5.78 Å². The standard InChI is InChI=1S/C10H16O4S.C8H19N/c1-9(2)7-3-4-10(9,8(11)5-7)6-15(12,13)14;1-7(2)5-4-6-8(3)9/h7H,3-6H2,1-2H3,(H,12,13,14);7-8H,4-6,9H2,1-3H3/t7?,10-;/m1./s1. The number of carbonyl (C=O) groups excluding carboxylic acids is 1. The number of fused-ring (bicyclic) bond motifs is 2. The molecule has 0 aromatic carbocycles. The Morgan fingerprint density at radius 1 is 1.25 bits per heavy atom. The zero-order valence-corrected chi connectivity index (χ0v) is 16.7. The molecular weight excluding hydrogens is 326 g/mol. The van der Waals surface area contributed by atoms with Gasteiger partial charge in [-0.3, -0.25) is 9.35 Å². The second kappa shape index (κ2) is 7.83. The van der Waals surface area contributed by atoms with Crippen molar-refractivity contribution in [3.05, 3.63) is 0 Å². The van der Waals surface area contributed by atoms with Gasteiger partial charge in [0.2, 0.25) is 0 Å². The molecule has 2 bridgehead atoms. The van der Waals surface area contributed by atoms with Crippen molar-refractivity contribution in [3.8, 4) is 0 Å². The summed E-state index contributed by atoms with van der Waals surface area (Å²) in [7, 11) is -4.08. The molecule has 142 valence electrons. The molecule has 5 nitrogen and oxygen atoms in total.